The van der Waals surface area contributed by atoms with Crippen LogP contribution < -0.4 is 10.3 Å². The van der Waals surface area contributed by atoms with Crippen LogP contribution in [-0.2, 0) is 11.3 Å². The largest absolute Gasteiger partial charge is 0.494 e. The Bertz CT molecular complexity index is 1330. The predicted molar refractivity (Wildman–Crippen MR) is 130 cm³/mol. The molecule has 33 heavy (non-hydrogen) atoms. The molecule has 0 aliphatic heterocycles. The van der Waals surface area contributed by atoms with Gasteiger partial charge in [0.15, 0.2) is 5.16 Å². The number of nitrogens with zero attached hydrogens (tertiary/aromatic N) is 5. The van der Waals surface area contributed by atoms with Gasteiger partial charge in [-0.15, -0.1) is 16.8 Å². The van der Waals surface area contributed by atoms with Gasteiger partial charge in [-0.05, 0) is 30.7 Å². The molecule has 4 aromatic rings. The number of carbonyl (C=O) groups excluding carboxylic acids is 1. The molecule has 0 spiro atoms. The Morgan fingerprint density at radius 1 is 1.15 bits per heavy atom. The van der Waals surface area contributed by atoms with Crippen LogP contribution in [0.4, 0.5) is 0 Å². The third-order valence-corrected chi connectivity index (χ3v) is 6.10. The van der Waals surface area contributed by atoms with Gasteiger partial charge in [0, 0.05) is 20.1 Å². The highest BCUT2D eigenvalue weighted by Gasteiger charge is 2.18. The van der Waals surface area contributed by atoms with Crippen molar-refractivity contribution < 1.29 is 9.53 Å². The second-order valence-corrected chi connectivity index (χ2v) is 8.40. The lowest BCUT2D eigenvalue weighted by molar-refractivity contribution is -0.127. The maximum Gasteiger partial charge on any atom is 0.263 e. The summed E-state index contributed by atoms with van der Waals surface area (Å²) in [6.07, 6.45) is 2.38. The molecule has 0 N–H and O–H groups in total. The van der Waals surface area contributed by atoms with Crippen molar-refractivity contribution in [2.45, 2.75) is 18.1 Å². The molecule has 2 heterocycles. The van der Waals surface area contributed by atoms with E-state index in [2.05, 4.69) is 16.8 Å². The van der Waals surface area contributed by atoms with Crippen molar-refractivity contribution in [1.82, 2.24) is 24.1 Å². The molecule has 8 nitrogen and oxygen atoms in total. The minimum absolute atomic E-state index is 0.0137. The second-order valence-electron chi connectivity index (χ2n) is 7.46. The number of ether oxygens (including phenoxy) is 1. The zero-order valence-electron chi connectivity index (χ0n) is 18.4. The molecule has 0 atom stereocenters. The molecule has 0 aliphatic carbocycles. The number of hydrogen-bond acceptors (Lipinski definition) is 6. The van der Waals surface area contributed by atoms with Crippen LogP contribution in [0.15, 0.2) is 77.2 Å². The zero-order valence-corrected chi connectivity index (χ0v) is 19.2. The van der Waals surface area contributed by atoms with Gasteiger partial charge >= 0.3 is 0 Å². The number of thioether (sulfide) groups is 1. The number of aromatic nitrogens is 4. The summed E-state index contributed by atoms with van der Waals surface area (Å²) in [4.78, 5) is 27.2. The summed E-state index contributed by atoms with van der Waals surface area (Å²) in [5.74, 6) is 1.45. The van der Waals surface area contributed by atoms with Crippen LogP contribution in [0.25, 0.3) is 16.7 Å². The SMILES string of the molecule is C=CCn1c(=O)c2ccccc2n2c(SCC(=O)N(C)CCCOc3ccccc3)nnc12. The lowest BCUT2D eigenvalue weighted by Gasteiger charge is -2.17. The fourth-order valence-corrected chi connectivity index (χ4v) is 4.37. The van der Waals surface area contributed by atoms with E-state index in [4.69, 9.17) is 4.74 Å². The van der Waals surface area contributed by atoms with E-state index in [1.54, 1.807) is 24.1 Å². The van der Waals surface area contributed by atoms with E-state index < -0.39 is 0 Å². The number of amides is 1. The minimum atomic E-state index is -0.143. The topological polar surface area (TPSA) is 81.7 Å². The Morgan fingerprint density at radius 2 is 1.91 bits per heavy atom. The second kappa shape index (κ2) is 10.4. The van der Waals surface area contributed by atoms with E-state index in [9.17, 15) is 9.59 Å². The molecule has 4 rings (SSSR count). The summed E-state index contributed by atoms with van der Waals surface area (Å²) >= 11 is 1.30. The fourth-order valence-electron chi connectivity index (χ4n) is 3.49. The highest BCUT2D eigenvalue weighted by molar-refractivity contribution is 7.99. The first-order valence-electron chi connectivity index (χ1n) is 10.6. The van der Waals surface area contributed by atoms with Gasteiger partial charge < -0.3 is 9.64 Å². The summed E-state index contributed by atoms with van der Waals surface area (Å²) in [5, 5.41) is 9.62. The molecule has 1 amide bonds. The normalized spacial score (nSPS) is 11.1. The van der Waals surface area contributed by atoms with Gasteiger partial charge in [-0.2, -0.15) is 0 Å². The van der Waals surface area contributed by atoms with Crippen molar-refractivity contribution in [2.24, 2.45) is 0 Å². The molecule has 0 fully saturated rings. The maximum atomic E-state index is 12.9. The smallest absolute Gasteiger partial charge is 0.263 e. The lowest BCUT2D eigenvalue weighted by atomic mass is 10.2. The molecule has 9 heteroatoms. The Morgan fingerprint density at radius 3 is 2.70 bits per heavy atom. The van der Waals surface area contributed by atoms with Gasteiger partial charge in [0.05, 0.1) is 23.3 Å². The fraction of sp³-hybridized carbons (Fsp3) is 0.250. The third-order valence-electron chi connectivity index (χ3n) is 5.19. The minimum Gasteiger partial charge on any atom is -0.494 e. The molecular formula is C24H25N5O3S. The molecule has 0 radical (unpaired) electrons. The Kier molecular flexibility index (Phi) is 7.09. The van der Waals surface area contributed by atoms with E-state index >= 15 is 0 Å². The zero-order chi connectivity index (χ0) is 23.2. The first kappa shape index (κ1) is 22.6. The molecule has 2 aromatic carbocycles. The number of carbonyl (C=O) groups is 1. The van der Waals surface area contributed by atoms with E-state index in [1.807, 2.05) is 52.9 Å². The number of para-hydroxylation sites is 2. The lowest BCUT2D eigenvalue weighted by Crippen LogP contribution is -2.30. The van der Waals surface area contributed by atoms with Crippen molar-refractivity contribution in [3.05, 3.63) is 77.6 Å². The van der Waals surface area contributed by atoms with E-state index in [0.29, 0.717) is 41.5 Å². The van der Waals surface area contributed by atoms with Crippen molar-refractivity contribution in [3.63, 3.8) is 0 Å². The van der Waals surface area contributed by atoms with Crippen LogP contribution in [0.5, 0.6) is 5.75 Å². The molecule has 0 unspecified atom stereocenters. The Labute approximate surface area is 195 Å². The van der Waals surface area contributed by atoms with Gasteiger partial charge in [0.25, 0.3) is 5.56 Å². The maximum absolute atomic E-state index is 12.9. The van der Waals surface area contributed by atoms with Gasteiger partial charge in [-0.25, -0.2) is 0 Å². The Hall–Kier alpha value is -3.59. The number of hydrogen-bond donors (Lipinski definition) is 0. The number of allylic oxidation sites excluding steroid dienone is 1. The summed E-state index contributed by atoms with van der Waals surface area (Å²) in [6.45, 7) is 5.19. The highest BCUT2D eigenvalue weighted by Crippen LogP contribution is 2.22. The number of rotatable bonds is 10. The average molecular weight is 464 g/mol. The van der Waals surface area contributed by atoms with Crippen LogP contribution in [0.1, 0.15) is 6.42 Å². The third kappa shape index (κ3) is 4.93. The number of benzene rings is 2. The summed E-state index contributed by atoms with van der Waals surface area (Å²) < 4.78 is 9.05. The predicted octanol–water partition coefficient (Wildman–Crippen LogP) is 3.25. The monoisotopic (exact) mass is 463 g/mol. The molecule has 2 aromatic heterocycles. The van der Waals surface area contributed by atoms with E-state index in [0.717, 1.165) is 12.2 Å². The van der Waals surface area contributed by atoms with Gasteiger partial charge in [-0.3, -0.25) is 18.6 Å². The van der Waals surface area contributed by atoms with Crippen LogP contribution in [0.3, 0.4) is 0 Å². The molecule has 0 saturated heterocycles. The van der Waals surface area contributed by atoms with Crippen molar-refractivity contribution in [2.75, 3.05) is 26.0 Å². The van der Waals surface area contributed by atoms with Gasteiger partial charge in [0.1, 0.15) is 5.75 Å². The van der Waals surface area contributed by atoms with Gasteiger partial charge in [0.2, 0.25) is 11.7 Å². The summed E-state index contributed by atoms with van der Waals surface area (Å²) in [6, 6.07) is 16.9. The average Bonchev–Trinajstić information content (AvgIpc) is 3.27. The standard InChI is InChI=1S/C24H25N5O3S/c1-3-14-28-22(31)19-12-7-8-13-20(19)29-23(28)25-26-24(29)33-17-21(30)27(2)15-9-16-32-18-10-5-4-6-11-18/h3-8,10-13H,1,9,14-17H2,2H3. The molecule has 0 saturated carbocycles. The Balaban J connectivity index is 1.43. The van der Waals surface area contributed by atoms with Gasteiger partial charge in [-0.1, -0.05) is 48.2 Å². The molecule has 0 aliphatic rings. The van der Waals surface area contributed by atoms with Crippen LogP contribution in [0, 0.1) is 0 Å². The quantitative estimate of drug-likeness (QED) is 0.204. The van der Waals surface area contributed by atoms with E-state index in [-0.39, 0.29) is 17.2 Å². The van der Waals surface area contributed by atoms with Crippen LogP contribution >= 0.6 is 11.8 Å². The summed E-state index contributed by atoms with van der Waals surface area (Å²) in [5.41, 5.74) is 0.569. The first-order chi connectivity index (χ1) is 16.1. The van der Waals surface area contributed by atoms with E-state index in [1.165, 1.54) is 16.3 Å². The van der Waals surface area contributed by atoms with Crippen LogP contribution in [0.2, 0.25) is 0 Å². The first-order valence-corrected chi connectivity index (χ1v) is 11.6. The molecule has 170 valence electrons. The van der Waals surface area contributed by atoms with Crippen molar-refractivity contribution in [1.29, 1.82) is 0 Å². The highest BCUT2D eigenvalue weighted by atomic mass is 32.2. The van der Waals surface area contributed by atoms with Crippen molar-refractivity contribution in [3.8, 4) is 5.75 Å². The molecular weight excluding hydrogens is 438 g/mol. The van der Waals surface area contributed by atoms with Crippen LogP contribution in [-0.4, -0.2) is 55.9 Å². The summed E-state index contributed by atoms with van der Waals surface area (Å²) in [7, 11) is 1.78. The molecule has 0 bridgehead atoms. The van der Waals surface area contributed by atoms with Crippen molar-refractivity contribution >= 4 is 34.3 Å². The number of fused-ring (bicyclic) bond motifs is 3.